The van der Waals surface area contributed by atoms with Gasteiger partial charge in [0.1, 0.15) is 12.1 Å². The third-order valence-electron chi connectivity index (χ3n) is 2.97. The number of nitrogens with one attached hydrogen (secondary N) is 2. The molecule has 13 heteroatoms. The van der Waals surface area contributed by atoms with Gasteiger partial charge in [-0.2, -0.15) is 4.98 Å². The maximum absolute atomic E-state index is 11.9. The fraction of sp³-hybridized carbons (Fsp3) is 0.583. The van der Waals surface area contributed by atoms with Crippen LogP contribution in [0.15, 0.2) is 4.52 Å². The summed E-state index contributed by atoms with van der Waals surface area (Å²) in [4.78, 5) is 37.7. The van der Waals surface area contributed by atoms with Gasteiger partial charge in [0.2, 0.25) is 17.6 Å². The number of amides is 3. The number of urea groups is 1. The summed E-state index contributed by atoms with van der Waals surface area (Å²) in [5.41, 5.74) is 5.07. The van der Waals surface area contributed by atoms with E-state index in [0.29, 0.717) is 0 Å². The quantitative estimate of drug-likeness (QED) is 0.238. The van der Waals surface area contributed by atoms with Gasteiger partial charge in [-0.3, -0.25) is 4.79 Å². The highest BCUT2D eigenvalue weighted by Gasteiger charge is 2.29. The summed E-state index contributed by atoms with van der Waals surface area (Å²) >= 11 is 0. The molecule has 0 aliphatic carbocycles. The number of nitrogens with two attached hydrogens (primary N) is 1. The lowest BCUT2D eigenvalue weighted by Crippen LogP contribution is -2.52. The van der Waals surface area contributed by atoms with Crippen LogP contribution < -0.4 is 16.4 Å². The number of rotatable bonds is 9. The second-order valence-corrected chi connectivity index (χ2v) is 5.09. The molecule has 3 amide bonds. The molecular formula is C12H19N5O8. The molecule has 0 aromatic carbocycles. The predicted molar refractivity (Wildman–Crippen MR) is 77.7 cm³/mol. The highest BCUT2D eigenvalue weighted by molar-refractivity contribution is 5.83. The number of aliphatic carboxylic acids is 1. The van der Waals surface area contributed by atoms with E-state index in [9.17, 15) is 24.6 Å². The van der Waals surface area contributed by atoms with Crippen molar-refractivity contribution in [2.75, 3.05) is 6.61 Å². The maximum atomic E-state index is 11.9. The molecule has 8 N–H and O–H groups in total. The molecule has 0 bridgehead atoms. The predicted octanol–water partition coefficient (Wildman–Crippen LogP) is -2.85. The zero-order chi connectivity index (χ0) is 19.1. The van der Waals surface area contributed by atoms with Gasteiger partial charge in [-0.15, -0.1) is 0 Å². The first-order valence-corrected chi connectivity index (χ1v) is 7.04. The number of carbonyl (C=O) groups excluding carboxylic acids is 2. The molecule has 4 atom stereocenters. The summed E-state index contributed by atoms with van der Waals surface area (Å²) in [5.74, 6) is -2.87. The van der Waals surface area contributed by atoms with E-state index in [1.54, 1.807) is 0 Å². The average molecular weight is 361 g/mol. The zero-order valence-electron chi connectivity index (χ0n) is 13.1. The molecule has 140 valence electrons. The minimum absolute atomic E-state index is 0.276. The van der Waals surface area contributed by atoms with Gasteiger partial charge in [0.25, 0.3) is 0 Å². The monoisotopic (exact) mass is 361 g/mol. The molecule has 0 radical (unpaired) electrons. The Morgan fingerprint density at radius 2 is 1.92 bits per heavy atom. The lowest BCUT2D eigenvalue weighted by molar-refractivity contribution is -0.141. The third kappa shape index (κ3) is 5.98. The Morgan fingerprint density at radius 3 is 2.40 bits per heavy atom. The average Bonchev–Trinajstić information content (AvgIpc) is 3.00. The van der Waals surface area contributed by atoms with Crippen molar-refractivity contribution in [1.82, 2.24) is 20.8 Å². The number of carbonyl (C=O) groups is 3. The van der Waals surface area contributed by atoms with Crippen molar-refractivity contribution in [3.63, 3.8) is 0 Å². The first-order valence-electron chi connectivity index (χ1n) is 7.04. The lowest BCUT2D eigenvalue weighted by atomic mass is 10.2. The number of carboxylic acid groups (broad SMARTS) is 1. The van der Waals surface area contributed by atoms with Gasteiger partial charge in [0, 0.05) is 0 Å². The fourth-order valence-corrected chi connectivity index (χ4v) is 1.74. The molecule has 1 heterocycles. The van der Waals surface area contributed by atoms with Crippen molar-refractivity contribution in [3.8, 4) is 0 Å². The Hall–Kier alpha value is -2.77. The van der Waals surface area contributed by atoms with Crippen LogP contribution in [-0.2, 0) is 9.59 Å². The van der Waals surface area contributed by atoms with Crippen LogP contribution in [0.5, 0.6) is 0 Å². The number of carboxylic acids is 1. The number of nitrogens with zero attached hydrogens (tertiary/aromatic N) is 2. The van der Waals surface area contributed by atoms with Gasteiger partial charge in [-0.05, 0) is 6.92 Å². The first-order chi connectivity index (χ1) is 11.6. The third-order valence-corrected chi connectivity index (χ3v) is 2.97. The van der Waals surface area contributed by atoms with Crippen LogP contribution in [0.25, 0.3) is 0 Å². The van der Waals surface area contributed by atoms with Crippen molar-refractivity contribution in [2.24, 2.45) is 5.73 Å². The highest BCUT2D eigenvalue weighted by atomic mass is 16.5. The number of primary amides is 1. The number of hydrogen-bond donors (Lipinski definition) is 7. The first kappa shape index (κ1) is 20.3. The summed E-state index contributed by atoms with van der Waals surface area (Å²) in [5, 5.41) is 44.1. The number of aliphatic hydroxyl groups excluding tert-OH is 3. The van der Waals surface area contributed by atoms with Crippen molar-refractivity contribution < 1.29 is 39.3 Å². The topological polar surface area (TPSA) is 221 Å². The normalized spacial score (nSPS) is 15.7. The standard InChI is InChI=1S/C12H19N5O8/c1-4(19)8(11(22)23)15-12(24)14-5(2-7(13)21)10-16-9(17-25-10)6(20)3-18/h4-6,8,18-20H,2-3H2,1H3,(H2,13,21)(H,22,23)(H2,14,15,24)/t4?,5-,6-,8?/m0/s1. The molecule has 1 rings (SSSR count). The molecule has 0 spiro atoms. The van der Waals surface area contributed by atoms with E-state index in [4.69, 9.17) is 20.5 Å². The van der Waals surface area contributed by atoms with Gasteiger partial charge in [0.05, 0.1) is 19.1 Å². The zero-order valence-corrected chi connectivity index (χ0v) is 13.1. The summed E-state index contributed by atoms with van der Waals surface area (Å²) in [6.07, 6.45) is -3.27. The summed E-state index contributed by atoms with van der Waals surface area (Å²) in [6.45, 7) is 0.489. The molecule has 1 aromatic rings. The minimum atomic E-state index is -1.59. The van der Waals surface area contributed by atoms with Crippen LogP contribution in [0, 0.1) is 0 Å². The Kier molecular flexibility index (Phi) is 7.22. The second kappa shape index (κ2) is 8.91. The van der Waals surface area contributed by atoms with Crippen LogP contribution in [0.4, 0.5) is 4.79 Å². The van der Waals surface area contributed by atoms with E-state index < -0.39 is 55.2 Å². The van der Waals surface area contributed by atoms with E-state index in [0.717, 1.165) is 0 Å². The molecule has 13 nitrogen and oxygen atoms in total. The van der Waals surface area contributed by atoms with E-state index in [-0.39, 0.29) is 11.7 Å². The molecule has 1 aromatic heterocycles. The van der Waals surface area contributed by atoms with E-state index in [2.05, 4.69) is 15.5 Å². The Morgan fingerprint density at radius 1 is 1.28 bits per heavy atom. The maximum Gasteiger partial charge on any atom is 0.328 e. The molecule has 25 heavy (non-hydrogen) atoms. The summed E-state index contributed by atoms with van der Waals surface area (Å²) < 4.78 is 4.80. The van der Waals surface area contributed by atoms with Gasteiger partial charge >= 0.3 is 12.0 Å². The molecule has 0 aliphatic heterocycles. The van der Waals surface area contributed by atoms with Gasteiger partial charge in [-0.25, -0.2) is 9.59 Å². The molecule has 0 saturated carbocycles. The van der Waals surface area contributed by atoms with Crippen LogP contribution in [-0.4, -0.2) is 67.2 Å². The van der Waals surface area contributed by atoms with Crippen molar-refractivity contribution >= 4 is 17.9 Å². The van der Waals surface area contributed by atoms with Gasteiger partial charge < -0.3 is 41.3 Å². The molecule has 0 saturated heterocycles. The van der Waals surface area contributed by atoms with Crippen molar-refractivity contribution in [1.29, 1.82) is 0 Å². The largest absolute Gasteiger partial charge is 0.480 e. The number of hydrogen-bond acceptors (Lipinski definition) is 9. The summed E-state index contributed by atoms with van der Waals surface area (Å²) in [6, 6.07) is -3.85. The molecule has 0 aliphatic rings. The Labute approximate surface area is 140 Å². The second-order valence-electron chi connectivity index (χ2n) is 5.09. The van der Waals surface area contributed by atoms with Crippen molar-refractivity contribution in [3.05, 3.63) is 11.7 Å². The van der Waals surface area contributed by atoms with E-state index in [1.165, 1.54) is 6.92 Å². The van der Waals surface area contributed by atoms with Gasteiger partial charge in [0.15, 0.2) is 6.04 Å². The van der Waals surface area contributed by atoms with Gasteiger partial charge in [-0.1, -0.05) is 5.16 Å². The smallest absolute Gasteiger partial charge is 0.328 e. The Balaban J connectivity index is 2.89. The van der Waals surface area contributed by atoms with Crippen LogP contribution in [0.1, 0.15) is 37.2 Å². The lowest BCUT2D eigenvalue weighted by Gasteiger charge is -2.19. The minimum Gasteiger partial charge on any atom is -0.480 e. The molecule has 2 unspecified atom stereocenters. The summed E-state index contributed by atoms with van der Waals surface area (Å²) in [7, 11) is 0. The SMILES string of the molecule is CC(O)C(NC(=O)N[C@@H](CC(N)=O)c1nc([C@@H](O)CO)no1)C(=O)O. The van der Waals surface area contributed by atoms with Crippen molar-refractivity contribution in [2.45, 2.75) is 37.6 Å². The number of aliphatic hydroxyl groups is 3. The highest BCUT2D eigenvalue weighted by Crippen LogP contribution is 2.17. The van der Waals surface area contributed by atoms with Crippen LogP contribution >= 0.6 is 0 Å². The van der Waals surface area contributed by atoms with E-state index in [1.807, 2.05) is 5.32 Å². The number of aromatic nitrogens is 2. The Bertz CT molecular complexity index is 618. The molecule has 0 fully saturated rings. The molecular weight excluding hydrogens is 342 g/mol. The van der Waals surface area contributed by atoms with Crippen LogP contribution in [0.2, 0.25) is 0 Å². The fourth-order valence-electron chi connectivity index (χ4n) is 1.74. The van der Waals surface area contributed by atoms with E-state index >= 15 is 0 Å². The van der Waals surface area contributed by atoms with Crippen LogP contribution in [0.3, 0.4) is 0 Å².